The van der Waals surface area contributed by atoms with E-state index in [2.05, 4.69) is 19.7 Å². The van der Waals surface area contributed by atoms with Crippen LogP contribution in [0.1, 0.15) is 43.0 Å². The molecule has 2 aliphatic rings. The second kappa shape index (κ2) is 10.6. The molecule has 2 saturated heterocycles. The number of hydrogen-bond donors (Lipinski definition) is 0. The summed E-state index contributed by atoms with van der Waals surface area (Å²) in [7, 11) is 3.31. The molecule has 186 valence electrons. The molecule has 1 atom stereocenters. The Morgan fingerprint density at radius 2 is 1.97 bits per heavy atom. The molecule has 2 aliphatic heterocycles. The predicted molar refractivity (Wildman–Crippen MR) is 133 cm³/mol. The SMILES string of the molecule is COc1ccc(OC)c(C2CCCN2C(=O)CSc2nnc(N3CCCC3)n2Cc2ccco2)c1. The van der Waals surface area contributed by atoms with E-state index in [-0.39, 0.29) is 11.9 Å². The quantitative estimate of drug-likeness (QED) is 0.410. The molecule has 1 amide bonds. The normalized spacial score (nSPS) is 17.8. The van der Waals surface area contributed by atoms with Crippen molar-refractivity contribution in [3.63, 3.8) is 0 Å². The van der Waals surface area contributed by atoms with Crippen molar-refractivity contribution in [3.05, 3.63) is 47.9 Å². The number of amides is 1. The van der Waals surface area contributed by atoms with E-state index in [0.717, 1.165) is 79.2 Å². The van der Waals surface area contributed by atoms with Crippen LogP contribution in [0.15, 0.2) is 46.2 Å². The largest absolute Gasteiger partial charge is 0.497 e. The molecule has 35 heavy (non-hydrogen) atoms. The molecule has 9 nitrogen and oxygen atoms in total. The predicted octanol–water partition coefficient (Wildman–Crippen LogP) is 3.99. The third-order valence-electron chi connectivity index (χ3n) is 6.67. The van der Waals surface area contributed by atoms with Crippen molar-refractivity contribution in [2.75, 3.05) is 44.5 Å². The molecule has 10 heteroatoms. The number of carbonyl (C=O) groups is 1. The number of nitrogens with zero attached hydrogens (tertiary/aromatic N) is 5. The van der Waals surface area contributed by atoms with Crippen LogP contribution in [0, 0.1) is 0 Å². The summed E-state index contributed by atoms with van der Waals surface area (Å²) in [6.07, 6.45) is 5.83. The first-order chi connectivity index (χ1) is 17.2. The summed E-state index contributed by atoms with van der Waals surface area (Å²) in [6, 6.07) is 9.55. The fourth-order valence-electron chi connectivity index (χ4n) is 4.93. The molecular weight excluding hydrogens is 466 g/mol. The number of thioether (sulfide) groups is 1. The topological polar surface area (TPSA) is 85.9 Å². The van der Waals surface area contributed by atoms with Gasteiger partial charge in [-0.25, -0.2) is 0 Å². The Balaban J connectivity index is 1.33. The van der Waals surface area contributed by atoms with Gasteiger partial charge in [-0.3, -0.25) is 9.36 Å². The fourth-order valence-corrected chi connectivity index (χ4v) is 5.75. The smallest absolute Gasteiger partial charge is 0.233 e. The highest BCUT2D eigenvalue weighted by atomic mass is 32.2. The Labute approximate surface area is 209 Å². The Bertz CT molecular complexity index is 1140. The van der Waals surface area contributed by atoms with Crippen LogP contribution in [0.3, 0.4) is 0 Å². The van der Waals surface area contributed by atoms with E-state index < -0.39 is 0 Å². The van der Waals surface area contributed by atoms with Gasteiger partial charge in [0.25, 0.3) is 0 Å². The zero-order chi connectivity index (χ0) is 24.2. The van der Waals surface area contributed by atoms with E-state index in [1.54, 1.807) is 20.5 Å². The summed E-state index contributed by atoms with van der Waals surface area (Å²) in [4.78, 5) is 17.6. The standard InChI is InChI=1S/C25H31N5O4S/c1-32-18-9-10-22(33-2)20(15-18)21-8-5-13-29(21)23(31)17-35-25-27-26-24(28-11-3-4-12-28)30(25)16-19-7-6-14-34-19/h6-7,9-10,14-15,21H,3-5,8,11-13,16-17H2,1-2H3. The zero-order valence-electron chi connectivity index (χ0n) is 20.2. The van der Waals surface area contributed by atoms with Gasteiger partial charge in [-0.1, -0.05) is 11.8 Å². The van der Waals surface area contributed by atoms with E-state index in [0.29, 0.717) is 12.3 Å². The molecule has 0 saturated carbocycles. The lowest BCUT2D eigenvalue weighted by Crippen LogP contribution is -2.32. The Kier molecular flexibility index (Phi) is 7.17. The van der Waals surface area contributed by atoms with Crippen molar-refractivity contribution in [1.82, 2.24) is 19.7 Å². The number of methoxy groups -OCH3 is 2. The van der Waals surface area contributed by atoms with Gasteiger partial charge in [0.1, 0.15) is 17.3 Å². The van der Waals surface area contributed by atoms with E-state index >= 15 is 0 Å². The first-order valence-corrected chi connectivity index (χ1v) is 13.0. The van der Waals surface area contributed by atoms with Gasteiger partial charge in [0.05, 0.1) is 38.8 Å². The van der Waals surface area contributed by atoms with Gasteiger partial charge in [0.2, 0.25) is 11.9 Å². The van der Waals surface area contributed by atoms with Crippen molar-refractivity contribution in [2.45, 2.75) is 43.4 Å². The maximum atomic E-state index is 13.4. The highest BCUT2D eigenvalue weighted by molar-refractivity contribution is 7.99. The maximum Gasteiger partial charge on any atom is 0.233 e. The monoisotopic (exact) mass is 497 g/mol. The molecule has 1 unspecified atom stereocenters. The minimum absolute atomic E-state index is 0.0331. The Morgan fingerprint density at radius 3 is 2.71 bits per heavy atom. The number of ether oxygens (including phenoxy) is 2. The average Bonchev–Trinajstić information content (AvgIpc) is 3.69. The van der Waals surface area contributed by atoms with Crippen LogP contribution in [-0.2, 0) is 11.3 Å². The van der Waals surface area contributed by atoms with Crippen molar-refractivity contribution < 1.29 is 18.7 Å². The Hall–Kier alpha value is -3.14. The van der Waals surface area contributed by atoms with Gasteiger partial charge in [-0.2, -0.15) is 0 Å². The van der Waals surface area contributed by atoms with Gasteiger partial charge in [0, 0.05) is 25.2 Å². The number of rotatable bonds is 9. The van der Waals surface area contributed by atoms with E-state index in [4.69, 9.17) is 13.9 Å². The van der Waals surface area contributed by atoms with Crippen molar-refractivity contribution in [3.8, 4) is 11.5 Å². The number of hydrogen-bond acceptors (Lipinski definition) is 8. The molecular formula is C25H31N5O4S. The number of benzene rings is 1. The van der Waals surface area contributed by atoms with Gasteiger partial charge in [-0.05, 0) is 56.0 Å². The third-order valence-corrected chi connectivity index (χ3v) is 7.63. The lowest BCUT2D eigenvalue weighted by atomic mass is 10.0. The lowest BCUT2D eigenvalue weighted by molar-refractivity contribution is -0.129. The van der Waals surface area contributed by atoms with Crippen molar-refractivity contribution in [1.29, 1.82) is 0 Å². The number of aromatic nitrogens is 3. The first-order valence-electron chi connectivity index (χ1n) is 12.0. The second-order valence-electron chi connectivity index (χ2n) is 8.78. The molecule has 4 heterocycles. The minimum Gasteiger partial charge on any atom is -0.497 e. The van der Waals surface area contributed by atoms with Gasteiger partial charge in [-0.15, -0.1) is 10.2 Å². The molecule has 3 aromatic rings. The fraction of sp³-hybridized carbons (Fsp3) is 0.480. The van der Waals surface area contributed by atoms with E-state index in [1.165, 1.54) is 11.8 Å². The summed E-state index contributed by atoms with van der Waals surface area (Å²) in [5, 5.41) is 9.66. The maximum absolute atomic E-state index is 13.4. The third kappa shape index (κ3) is 4.98. The minimum atomic E-state index is -0.0331. The van der Waals surface area contributed by atoms with Gasteiger partial charge in [0.15, 0.2) is 5.16 Å². The van der Waals surface area contributed by atoms with Crippen LogP contribution >= 0.6 is 11.8 Å². The average molecular weight is 498 g/mol. The summed E-state index contributed by atoms with van der Waals surface area (Å²) in [5.74, 6) is 3.58. The number of carbonyl (C=O) groups excluding carboxylic acids is 1. The Morgan fingerprint density at radius 1 is 1.11 bits per heavy atom. The number of furan rings is 1. The molecule has 5 rings (SSSR count). The molecule has 0 radical (unpaired) electrons. The van der Waals surface area contributed by atoms with Crippen LogP contribution in [0.25, 0.3) is 0 Å². The molecule has 0 aliphatic carbocycles. The van der Waals surface area contributed by atoms with Crippen LogP contribution < -0.4 is 14.4 Å². The van der Waals surface area contributed by atoms with Crippen LogP contribution in [0.4, 0.5) is 5.95 Å². The molecule has 2 aromatic heterocycles. The summed E-state index contributed by atoms with van der Waals surface area (Å²) in [6.45, 7) is 3.20. The first kappa shape index (κ1) is 23.6. The summed E-state index contributed by atoms with van der Waals surface area (Å²) in [5.41, 5.74) is 0.986. The second-order valence-corrected chi connectivity index (χ2v) is 9.73. The van der Waals surface area contributed by atoms with Crippen molar-refractivity contribution in [2.24, 2.45) is 0 Å². The lowest BCUT2D eigenvalue weighted by Gasteiger charge is -2.26. The highest BCUT2D eigenvalue weighted by Gasteiger charge is 2.32. The number of likely N-dealkylation sites (tertiary alicyclic amines) is 1. The van der Waals surface area contributed by atoms with Gasteiger partial charge >= 0.3 is 0 Å². The van der Waals surface area contributed by atoms with Crippen LogP contribution in [0.5, 0.6) is 11.5 Å². The molecule has 0 bridgehead atoms. The highest BCUT2D eigenvalue weighted by Crippen LogP contribution is 2.39. The molecule has 0 N–H and O–H groups in total. The van der Waals surface area contributed by atoms with Crippen LogP contribution in [0.2, 0.25) is 0 Å². The van der Waals surface area contributed by atoms with Gasteiger partial charge < -0.3 is 23.7 Å². The summed E-state index contributed by atoms with van der Waals surface area (Å²) < 4.78 is 18.7. The molecule has 1 aromatic carbocycles. The van der Waals surface area contributed by atoms with Crippen molar-refractivity contribution >= 4 is 23.6 Å². The van der Waals surface area contributed by atoms with Crippen LogP contribution in [-0.4, -0.2) is 65.2 Å². The zero-order valence-corrected chi connectivity index (χ0v) is 21.0. The van der Waals surface area contributed by atoms with E-state index in [1.807, 2.05) is 35.2 Å². The van der Waals surface area contributed by atoms with E-state index in [9.17, 15) is 4.79 Å². The number of anilines is 1. The molecule has 0 spiro atoms. The molecule has 2 fully saturated rings. The summed E-state index contributed by atoms with van der Waals surface area (Å²) >= 11 is 1.43.